The Bertz CT molecular complexity index is 541. The molecule has 0 radical (unpaired) electrons. The van der Waals surface area contributed by atoms with E-state index in [1.54, 1.807) is 40.9 Å². The molecule has 1 aliphatic rings. The van der Waals surface area contributed by atoms with Crippen LogP contribution in [0, 0.1) is 0 Å². The van der Waals surface area contributed by atoms with Crippen LogP contribution < -0.4 is 4.90 Å². The number of carboxylic acid groups (broad SMARTS) is 1. The second-order valence-corrected chi connectivity index (χ2v) is 6.45. The number of hydrogen-bond donors (Lipinski definition) is 1. The summed E-state index contributed by atoms with van der Waals surface area (Å²) in [4.78, 5) is 26.8. The summed E-state index contributed by atoms with van der Waals surface area (Å²) < 4.78 is 0. The number of aliphatic carboxylic acids is 1. The molecule has 1 heterocycles. The summed E-state index contributed by atoms with van der Waals surface area (Å²) in [5.41, 5.74) is 0.500. The van der Waals surface area contributed by atoms with Gasteiger partial charge in [-0.05, 0) is 25.1 Å². The zero-order valence-electron chi connectivity index (χ0n) is 11.7. The number of anilines is 1. The van der Waals surface area contributed by atoms with Gasteiger partial charge in [-0.15, -0.1) is 0 Å². The minimum atomic E-state index is -1.05. The summed E-state index contributed by atoms with van der Waals surface area (Å²) in [6.07, 6.45) is 0. The van der Waals surface area contributed by atoms with E-state index in [1.165, 1.54) is 4.90 Å². The molecular weight excluding hydrogens is 312 g/mol. The van der Waals surface area contributed by atoms with Crippen molar-refractivity contribution in [2.45, 2.75) is 13.0 Å². The van der Waals surface area contributed by atoms with Crippen molar-refractivity contribution >= 4 is 41.1 Å². The van der Waals surface area contributed by atoms with E-state index < -0.39 is 5.97 Å². The van der Waals surface area contributed by atoms with E-state index in [1.807, 2.05) is 6.92 Å². The molecule has 1 aliphatic heterocycles. The van der Waals surface area contributed by atoms with Crippen molar-refractivity contribution in [1.29, 1.82) is 0 Å². The average molecular weight is 329 g/mol. The van der Waals surface area contributed by atoms with Crippen LogP contribution in [0.4, 0.5) is 10.5 Å². The third-order valence-electron chi connectivity index (χ3n) is 3.26. The third-order valence-corrected chi connectivity index (χ3v) is 4.68. The molecule has 114 valence electrons. The van der Waals surface area contributed by atoms with Crippen molar-refractivity contribution < 1.29 is 14.7 Å². The number of amides is 2. The summed E-state index contributed by atoms with van der Waals surface area (Å²) in [7, 11) is 0. The molecule has 1 saturated heterocycles. The molecule has 0 bridgehead atoms. The number of nitrogens with zero attached hydrogens (tertiary/aromatic N) is 2. The first-order valence-electron chi connectivity index (χ1n) is 6.62. The maximum Gasteiger partial charge on any atom is 0.325 e. The van der Waals surface area contributed by atoms with Crippen molar-refractivity contribution in [3.05, 3.63) is 29.3 Å². The van der Waals surface area contributed by atoms with Crippen molar-refractivity contribution in [2.75, 3.05) is 29.5 Å². The lowest BCUT2D eigenvalue weighted by Crippen LogP contribution is -2.52. The van der Waals surface area contributed by atoms with E-state index in [2.05, 4.69) is 0 Å². The first-order chi connectivity index (χ1) is 9.99. The number of thioether (sulfide) groups is 1. The molecule has 1 atom stereocenters. The Morgan fingerprint density at radius 2 is 2.29 bits per heavy atom. The zero-order valence-corrected chi connectivity index (χ0v) is 13.2. The molecule has 1 aromatic carbocycles. The standard InChI is InChI=1S/C14H17ClN2O3S/c1-10-9-21-6-5-16(10)14(20)17(8-13(18)19)12-4-2-3-11(15)7-12/h2-4,7,10H,5-6,8-9H2,1H3,(H,18,19). The number of benzene rings is 1. The van der Waals surface area contributed by atoms with E-state index >= 15 is 0 Å². The molecule has 0 saturated carbocycles. The summed E-state index contributed by atoms with van der Waals surface area (Å²) in [6, 6.07) is 6.49. The van der Waals surface area contributed by atoms with Gasteiger partial charge >= 0.3 is 12.0 Å². The van der Waals surface area contributed by atoms with Gasteiger partial charge in [0.15, 0.2) is 0 Å². The predicted molar refractivity (Wildman–Crippen MR) is 85.3 cm³/mol. The SMILES string of the molecule is CC1CSCCN1C(=O)N(CC(=O)O)c1cccc(Cl)c1. The van der Waals surface area contributed by atoms with Crippen LogP contribution in [0.3, 0.4) is 0 Å². The molecule has 0 spiro atoms. The first kappa shape index (κ1) is 16.0. The highest BCUT2D eigenvalue weighted by Gasteiger charge is 2.29. The Morgan fingerprint density at radius 1 is 1.52 bits per heavy atom. The van der Waals surface area contributed by atoms with Crippen LogP contribution in [0.15, 0.2) is 24.3 Å². The number of carboxylic acids is 1. The van der Waals surface area contributed by atoms with Gasteiger partial charge < -0.3 is 10.0 Å². The summed E-state index contributed by atoms with van der Waals surface area (Å²) in [5.74, 6) is 0.678. The van der Waals surface area contributed by atoms with Gasteiger partial charge in [0.05, 0.1) is 0 Å². The van der Waals surface area contributed by atoms with Crippen LogP contribution in [0.5, 0.6) is 0 Å². The Morgan fingerprint density at radius 3 is 2.90 bits per heavy atom. The molecule has 1 unspecified atom stereocenters. The van der Waals surface area contributed by atoms with Gasteiger partial charge in [-0.2, -0.15) is 11.8 Å². The Kier molecular flexibility index (Phi) is 5.36. The van der Waals surface area contributed by atoms with Gasteiger partial charge in [-0.1, -0.05) is 17.7 Å². The van der Waals surface area contributed by atoms with Crippen LogP contribution in [-0.4, -0.2) is 52.6 Å². The Hall–Kier alpha value is -1.40. The van der Waals surface area contributed by atoms with Gasteiger partial charge in [-0.3, -0.25) is 9.69 Å². The van der Waals surface area contributed by atoms with E-state index in [4.69, 9.17) is 16.7 Å². The Labute approximate surface area is 132 Å². The summed E-state index contributed by atoms with van der Waals surface area (Å²) in [5, 5.41) is 9.55. The number of rotatable bonds is 3. The lowest BCUT2D eigenvalue weighted by Gasteiger charge is -2.36. The fourth-order valence-corrected chi connectivity index (χ4v) is 3.41. The topological polar surface area (TPSA) is 60.9 Å². The van der Waals surface area contributed by atoms with Gasteiger partial charge in [0.2, 0.25) is 0 Å². The molecule has 1 N–H and O–H groups in total. The van der Waals surface area contributed by atoms with E-state index in [0.717, 1.165) is 11.5 Å². The number of hydrogen-bond acceptors (Lipinski definition) is 3. The van der Waals surface area contributed by atoms with Gasteiger partial charge in [0.1, 0.15) is 6.54 Å². The minimum Gasteiger partial charge on any atom is -0.480 e. The monoisotopic (exact) mass is 328 g/mol. The van der Waals surface area contributed by atoms with E-state index in [0.29, 0.717) is 17.3 Å². The molecule has 0 aromatic heterocycles. The number of halogens is 1. The van der Waals surface area contributed by atoms with Crippen LogP contribution in [-0.2, 0) is 4.79 Å². The molecule has 7 heteroatoms. The van der Waals surface area contributed by atoms with Crippen molar-refractivity contribution in [3.63, 3.8) is 0 Å². The third kappa shape index (κ3) is 4.04. The summed E-state index contributed by atoms with van der Waals surface area (Å²) >= 11 is 7.74. The van der Waals surface area contributed by atoms with Crippen molar-refractivity contribution in [3.8, 4) is 0 Å². The molecule has 1 fully saturated rings. The molecule has 2 rings (SSSR count). The average Bonchev–Trinajstić information content (AvgIpc) is 2.44. The number of carbonyl (C=O) groups excluding carboxylic acids is 1. The second-order valence-electron chi connectivity index (χ2n) is 4.86. The van der Waals surface area contributed by atoms with Crippen LogP contribution >= 0.6 is 23.4 Å². The van der Waals surface area contributed by atoms with Crippen molar-refractivity contribution in [1.82, 2.24) is 4.90 Å². The number of urea groups is 1. The molecular formula is C14H17ClN2O3S. The van der Waals surface area contributed by atoms with Gasteiger partial charge in [-0.25, -0.2) is 4.79 Å². The van der Waals surface area contributed by atoms with Crippen LogP contribution in [0.25, 0.3) is 0 Å². The van der Waals surface area contributed by atoms with E-state index in [-0.39, 0.29) is 18.6 Å². The van der Waals surface area contributed by atoms with Gasteiger partial charge in [0, 0.05) is 34.8 Å². The maximum atomic E-state index is 12.7. The molecule has 0 aliphatic carbocycles. The normalized spacial score (nSPS) is 18.4. The molecule has 5 nitrogen and oxygen atoms in total. The van der Waals surface area contributed by atoms with Gasteiger partial charge in [0.25, 0.3) is 0 Å². The maximum absolute atomic E-state index is 12.7. The molecule has 2 amide bonds. The molecule has 21 heavy (non-hydrogen) atoms. The highest BCUT2D eigenvalue weighted by Crippen LogP contribution is 2.23. The summed E-state index contributed by atoms with van der Waals surface area (Å²) in [6.45, 7) is 2.22. The fourth-order valence-electron chi connectivity index (χ4n) is 2.22. The van der Waals surface area contributed by atoms with Crippen molar-refractivity contribution in [2.24, 2.45) is 0 Å². The minimum absolute atomic E-state index is 0.0896. The molecule has 1 aromatic rings. The smallest absolute Gasteiger partial charge is 0.325 e. The van der Waals surface area contributed by atoms with E-state index in [9.17, 15) is 9.59 Å². The zero-order chi connectivity index (χ0) is 15.4. The largest absolute Gasteiger partial charge is 0.480 e. The fraction of sp³-hybridized carbons (Fsp3) is 0.429. The number of carbonyl (C=O) groups is 2. The predicted octanol–water partition coefficient (Wildman–Crippen LogP) is 2.79. The lowest BCUT2D eigenvalue weighted by molar-refractivity contribution is -0.135. The lowest BCUT2D eigenvalue weighted by atomic mass is 10.2. The van der Waals surface area contributed by atoms with Crippen LogP contribution in [0.1, 0.15) is 6.92 Å². The highest BCUT2D eigenvalue weighted by atomic mass is 35.5. The Balaban J connectivity index is 2.26. The quantitative estimate of drug-likeness (QED) is 0.926. The van der Waals surface area contributed by atoms with Crippen LogP contribution in [0.2, 0.25) is 5.02 Å². The second kappa shape index (κ2) is 7.04. The highest BCUT2D eigenvalue weighted by molar-refractivity contribution is 7.99. The first-order valence-corrected chi connectivity index (χ1v) is 8.15.